The van der Waals surface area contributed by atoms with Crippen LogP contribution in [0.1, 0.15) is 23.5 Å². The van der Waals surface area contributed by atoms with Gasteiger partial charge in [-0.15, -0.1) is 0 Å². The van der Waals surface area contributed by atoms with E-state index >= 15 is 0 Å². The highest BCUT2D eigenvalue weighted by atomic mass is 32.2. The molecule has 0 aliphatic heterocycles. The van der Waals surface area contributed by atoms with Crippen LogP contribution in [0.4, 0.5) is 0 Å². The third-order valence-corrected chi connectivity index (χ3v) is 5.94. The fourth-order valence-corrected chi connectivity index (χ4v) is 4.54. The Balaban J connectivity index is 1.92. The zero-order valence-electron chi connectivity index (χ0n) is 13.3. The normalized spacial score (nSPS) is 26.3. The Kier molecular flexibility index (Phi) is 4.88. The van der Waals surface area contributed by atoms with Gasteiger partial charge >= 0.3 is 0 Å². The molecule has 0 radical (unpaired) electrons. The predicted molar refractivity (Wildman–Crippen MR) is 91.1 cm³/mol. The first-order valence-electron chi connectivity index (χ1n) is 7.86. The summed E-state index contributed by atoms with van der Waals surface area (Å²) in [5.74, 6) is -0.347. The maximum Gasteiger partial charge on any atom is 0.240 e. The number of rotatable bonds is 4. The molecule has 0 bridgehead atoms. The van der Waals surface area contributed by atoms with Gasteiger partial charge in [0.15, 0.2) is 0 Å². The Morgan fingerprint density at radius 1 is 1.08 bits per heavy atom. The van der Waals surface area contributed by atoms with Crippen LogP contribution in [0.15, 0.2) is 59.5 Å². The Morgan fingerprint density at radius 3 is 2.48 bits per heavy atom. The fraction of sp³-hybridized carbons (Fsp3) is 0.278. The summed E-state index contributed by atoms with van der Waals surface area (Å²) in [5.41, 5.74) is 1.08. The van der Waals surface area contributed by atoms with E-state index in [0.717, 1.165) is 5.56 Å². The van der Waals surface area contributed by atoms with Crippen LogP contribution in [0.3, 0.4) is 0 Å². The molecule has 1 aliphatic carbocycles. The zero-order chi connectivity index (χ0) is 18.0. The van der Waals surface area contributed by atoms with Gasteiger partial charge in [-0.2, -0.15) is 5.26 Å². The van der Waals surface area contributed by atoms with Gasteiger partial charge in [0.1, 0.15) is 0 Å². The Hall–Kier alpha value is -2.24. The van der Waals surface area contributed by atoms with Crippen molar-refractivity contribution < 1.29 is 18.6 Å². The molecule has 0 heterocycles. The molecule has 2 aromatic rings. The summed E-state index contributed by atoms with van der Waals surface area (Å²) in [4.78, 5) is -0.0491. The largest absolute Gasteiger partial charge is 0.390 e. The summed E-state index contributed by atoms with van der Waals surface area (Å²) in [7, 11) is -3.95. The van der Waals surface area contributed by atoms with Crippen LogP contribution >= 0.6 is 0 Å². The summed E-state index contributed by atoms with van der Waals surface area (Å²) in [6, 6.07) is 15.9. The van der Waals surface area contributed by atoms with Gasteiger partial charge in [0.05, 0.1) is 34.8 Å². The van der Waals surface area contributed by atoms with Gasteiger partial charge in [-0.05, 0) is 30.2 Å². The first kappa shape index (κ1) is 17.6. The van der Waals surface area contributed by atoms with Crippen molar-refractivity contribution in [1.82, 2.24) is 4.72 Å². The molecular weight excluding hydrogens is 340 g/mol. The zero-order valence-corrected chi connectivity index (χ0v) is 14.1. The van der Waals surface area contributed by atoms with E-state index in [0.29, 0.717) is 0 Å². The fourth-order valence-electron chi connectivity index (χ4n) is 3.20. The van der Waals surface area contributed by atoms with Gasteiger partial charge in [-0.3, -0.25) is 0 Å². The third kappa shape index (κ3) is 3.57. The van der Waals surface area contributed by atoms with Gasteiger partial charge in [0.2, 0.25) is 10.0 Å². The van der Waals surface area contributed by atoms with Crippen LogP contribution in [0.5, 0.6) is 0 Å². The number of hydrogen-bond acceptors (Lipinski definition) is 5. The summed E-state index contributed by atoms with van der Waals surface area (Å²) >= 11 is 0. The molecule has 2 aromatic carbocycles. The van der Waals surface area contributed by atoms with Gasteiger partial charge in [0.25, 0.3) is 0 Å². The number of aliphatic hydroxyl groups excluding tert-OH is 2. The highest BCUT2D eigenvalue weighted by Crippen LogP contribution is 2.36. The molecule has 0 spiro atoms. The predicted octanol–water partition coefficient (Wildman–Crippen LogP) is 1.11. The van der Waals surface area contributed by atoms with Crippen LogP contribution in [-0.4, -0.2) is 36.9 Å². The van der Waals surface area contributed by atoms with E-state index in [4.69, 9.17) is 5.26 Å². The molecule has 0 amide bonds. The minimum Gasteiger partial charge on any atom is -0.390 e. The van der Waals surface area contributed by atoms with Crippen LogP contribution in [0.25, 0.3) is 0 Å². The highest BCUT2D eigenvalue weighted by Gasteiger charge is 2.44. The van der Waals surface area contributed by atoms with Crippen molar-refractivity contribution in [2.75, 3.05) is 0 Å². The second-order valence-corrected chi connectivity index (χ2v) is 7.81. The minimum atomic E-state index is -3.95. The van der Waals surface area contributed by atoms with Crippen LogP contribution in [0, 0.1) is 11.3 Å². The lowest BCUT2D eigenvalue weighted by Gasteiger charge is -2.23. The number of hydrogen-bond donors (Lipinski definition) is 3. The molecule has 0 saturated heterocycles. The Labute approximate surface area is 146 Å². The number of nitrogens with one attached hydrogen (secondary N) is 1. The molecule has 1 aliphatic rings. The van der Waals surface area contributed by atoms with Crippen molar-refractivity contribution >= 4 is 10.0 Å². The van der Waals surface area contributed by atoms with Crippen molar-refractivity contribution in [2.45, 2.75) is 35.5 Å². The Morgan fingerprint density at radius 2 is 1.80 bits per heavy atom. The quantitative estimate of drug-likeness (QED) is 0.758. The molecule has 0 aromatic heterocycles. The van der Waals surface area contributed by atoms with Crippen molar-refractivity contribution in [3.05, 3.63) is 65.7 Å². The van der Waals surface area contributed by atoms with Crippen LogP contribution in [-0.2, 0) is 10.0 Å². The van der Waals surface area contributed by atoms with Crippen molar-refractivity contribution in [3.63, 3.8) is 0 Å². The average molecular weight is 358 g/mol. The first-order chi connectivity index (χ1) is 11.9. The van der Waals surface area contributed by atoms with Crippen molar-refractivity contribution in [2.24, 2.45) is 0 Å². The van der Waals surface area contributed by atoms with E-state index in [1.54, 1.807) is 0 Å². The molecule has 130 valence electrons. The van der Waals surface area contributed by atoms with E-state index < -0.39 is 28.3 Å². The summed E-state index contributed by atoms with van der Waals surface area (Å²) < 4.78 is 27.8. The molecule has 7 heteroatoms. The Bertz CT molecular complexity index is 893. The number of benzene rings is 2. The van der Waals surface area contributed by atoms with E-state index in [9.17, 15) is 18.6 Å². The molecule has 4 atom stereocenters. The molecule has 6 nitrogen and oxygen atoms in total. The maximum absolute atomic E-state index is 12.7. The standard InChI is InChI=1S/C18H18N2O4S/c19-11-12-5-4-8-14(9-12)25(23,24)20-17-15(10-16(21)18(17)22)13-6-2-1-3-7-13/h1-9,15-18,20-22H,10H2. The van der Waals surface area contributed by atoms with Crippen molar-refractivity contribution in [1.29, 1.82) is 5.26 Å². The maximum atomic E-state index is 12.7. The van der Waals surface area contributed by atoms with E-state index in [1.165, 1.54) is 24.3 Å². The van der Waals surface area contributed by atoms with Crippen molar-refractivity contribution in [3.8, 4) is 6.07 Å². The van der Waals surface area contributed by atoms with Gasteiger partial charge in [-0.1, -0.05) is 36.4 Å². The highest BCUT2D eigenvalue weighted by molar-refractivity contribution is 7.89. The minimum absolute atomic E-state index is 0.0491. The third-order valence-electron chi connectivity index (χ3n) is 4.48. The van der Waals surface area contributed by atoms with Gasteiger partial charge < -0.3 is 10.2 Å². The van der Waals surface area contributed by atoms with Crippen LogP contribution < -0.4 is 4.72 Å². The lowest BCUT2D eigenvalue weighted by atomic mass is 9.94. The molecule has 25 heavy (non-hydrogen) atoms. The SMILES string of the molecule is N#Cc1cccc(S(=O)(=O)NC2C(c3ccccc3)CC(O)C2O)c1. The van der Waals surface area contributed by atoms with Gasteiger partial charge in [-0.25, -0.2) is 13.1 Å². The topological polar surface area (TPSA) is 110 Å². The second-order valence-electron chi connectivity index (χ2n) is 6.10. The molecule has 3 N–H and O–H groups in total. The molecular formula is C18H18N2O4S. The molecule has 4 unspecified atom stereocenters. The lowest BCUT2D eigenvalue weighted by Crippen LogP contribution is -2.45. The first-order valence-corrected chi connectivity index (χ1v) is 9.34. The van der Waals surface area contributed by atoms with Crippen LogP contribution in [0.2, 0.25) is 0 Å². The lowest BCUT2D eigenvalue weighted by molar-refractivity contribution is 0.0338. The van der Waals surface area contributed by atoms with E-state index in [1.807, 2.05) is 36.4 Å². The summed E-state index contributed by atoms with van der Waals surface area (Å²) in [6.07, 6.45) is -1.96. The van der Waals surface area contributed by atoms with E-state index in [2.05, 4.69) is 4.72 Å². The van der Waals surface area contributed by atoms with Gasteiger partial charge in [0, 0.05) is 5.92 Å². The number of nitrogens with zero attached hydrogens (tertiary/aromatic N) is 1. The average Bonchev–Trinajstić information content (AvgIpc) is 2.90. The summed E-state index contributed by atoms with van der Waals surface area (Å²) in [5, 5.41) is 29.2. The summed E-state index contributed by atoms with van der Waals surface area (Å²) in [6.45, 7) is 0. The number of nitriles is 1. The smallest absolute Gasteiger partial charge is 0.240 e. The molecule has 1 fully saturated rings. The monoisotopic (exact) mass is 358 g/mol. The molecule has 1 saturated carbocycles. The number of aliphatic hydroxyl groups is 2. The molecule has 3 rings (SSSR count). The number of sulfonamides is 1. The van der Waals surface area contributed by atoms with E-state index in [-0.39, 0.29) is 22.8 Å². The second kappa shape index (κ2) is 6.94.